The van der Waals surface area contributed by atoms with E-state index >= 15 is 0 Å². The van der Waals surface area contributed by atoms with Gasteiger partial charge in [0.1, 0.15) is 5.75 Å². The second-order valence-electron chi connectivity index (χ2n) is 4.90. The first-order valence-corrected chi connectivity index (χ1v) is 6.09. The highest BCUT2D eigenvalue weighted by Gasteiger charge is 2.33. The monoisotopic (exact) mass is 276 g/mol. The molecule has 1 heterocycles. The van der Waals surface area contributed by atoms with Crippen LogP contribution in [0, 0.1) is 0 Å². The summed E-state index contributed by atoms with van der Waals surface area (Å²) in [5.41, 5.74) is -0.251. The first-order chi connectivity index (χ1) is 9.45. The normalized spacial score (nSPS) is 11.3. The molecule has 2 rings (SSSR count). The molecule has 1 aromatic heterocycles. The number of aromatic nitrogens is 4. The lowest BCUT2D eigenvalue weighted by atomic mass is 10.1. The Labute approximate surface area is 116 Å². The molecule has 0 fully saturated rings. The number of ether oxygens (including phenoxy) is 1. The molecule has 1 aromatic carbocycles. The van der Waals surface area contributed by atoms with Crippen molar-refractivity contribution in [1.29, 1.82) is 0 Å². The smallest absolute Gasteiger partial charge is 0.331 e. The largest absolute Gasteiger partial charge is 0.497 e. The lowest BCUT2D eigenvalue weighted by Gasteiger charge is -2.20. The molecule has 106 valence electrons. The van der Waals surface area contributed by atoms with E-state index in [0.717, 1.165) is 11.3 Å². The molecule has 0 aliphatic carbocycles. The molecule has 0 aliphatic rings. The molecule has 0 atom stereocenters. The van der Waals surface area contributed by atoms with Gasteiger partial charge in [0.15, 0.2) is 11.4 Å². The molecule has 0 spiro atoms. The maximum Gasteiger partial charge on any atom is 0.331 e. The van der Waals surface area contributed by atoms with Gasteiger partial charge < -0.3 is 9.84 Å². The van der Waals surface area contributed by atoms with E-state index < -0.39 is 11.5 Å². The molecule has 20 heavy (non-hydrogen) atoms. The van der Waals surface area contributed by atoms with Crippen molar-refractivity contribution in [1.82, 2.24) is 20.2 Å². The Morgan fingerprint density at radius 2 is 2.20 bits per heavy atom. The van der Waals surface area contributed by atoms with Crippen LogP contribution in [-0.2, 0) is 16.8 Å². The van der Waals surface area contributed by atoms with Crippen LogP contribution in [0.4, 0.5) is 0 Å². The standard InChI is InChI=1S/C13H16N4O3/c1-13(2,12(18)19)17-11(14-15-16-17)8-9-5-4-6-10(7-9)20-3/h4-7H,8H2,1-3H3,(H,18,19). The van der Waals surface area contributed by atoms with Crippen LogP contribution in [0.2, 0.25) is 0 Å². The second-order valence-corrected chi connectivity index (χ2v) is 4.90. The number of rotatable bonds is 5. The van der Waals surface area contributed by atoms with Gasteiger partial charge in [-0.3, -0.25) is 0 Å². The molecule has 2 aromatic rings. The summed E-state index contributed by atoms with van der Waals surface area (Å²) in [6, 6.07) is 7.49. The van der Waals surface area contributed by atoms with Gasteiger partial charge in [-0.15, -0.1) is 5.10 Å². The van der Waals surface area contributed by atoms with E-state index in [0.29, 0.717) is 12.2 Å². The fourth-order valence-electron chi connectivity index (χ4n) is 1.81. The summed E-state index contributed by atoms with van der Waals surface area (Å²) >= 11 is 0. The minimum atomic E-state index is -1.20. The second kappa shape index (κ2) is 5.28. The maximum atomic E-state index is 11.3. The Morgan fingerprint density at radius 3 is 2.85 bits per heavy atom. The number of benzene rings is 1. The van der Waals surface area contributed by atoms with Crippen LogP contribution in [0.3, 0.4) is 0 Å². The van der Waals surface area contributed by atoms with E-state index in [4.69, 9.17) is 4.74 Å². The van der Waals surface area contributed by atoms with Gasteiger partial charge in [0, 0.05) is 6.42 Å². The van der Waals surface area contributed by atoms with Crippen molar-refractivity contribution in [3.05, 3.63) is 35.7 Å². The zero-order chi connectivity index (χ0) is 14.8. The summed E-state index contributed by atoms with van der Waals surface area (Å²) in [7, 11) is 1.59. The molecular weight excluding hydrogens is 260 g/mol. The summed E-state index contributed by atoms with van der Waals surface area (Å²) in [4.78, 5) is 11.3. The van der Waals surface area contributed by atoms with Crippen LogP contribution in [0.15, 0.2) is 24.3 Å². The van der Waals surface area contributed by atoms with Crippen molar-refractivity contribution in [2.75, 3.05) is 7.11 Å². The molecule has 0 amide bonds. The number of nitrogens with zero attached hydrogens (tertiary/aromatic N) is 4. The van der Waals surface area contributed by atoms with Crippen LogP contribution in [0.5, 0.6) is 5.75 Å². The summed E-state index contributed by atoms with van der Waals surface area (Å²) in [6.07, 6.45) is 0.431. The first kappa shape index (κ1) is 14.0. The highest BCUT2D eigenvalue weighted by molar-refractivity contribution is 5.75. The lowest BCUT2D eigenvalue weighted by molar-refractivity contribution is -0.146. The third-order valence-corrected chi connectivity index (χ3v) is 3.08. The number of methoxy groups -OCH3 is 1. The zero-order valence-electron chi connectivity index (χ0n) is 11.6. The summed E-state index contributed by atoms with van der Waals surface area (Å²) < 4.78 is 6.49. The molecule has 0 radical (unpaired) electrons. The number of hydrogen-bond donors (Lipinski definition) is 1. The lowest BCUT2D eigenvalue weighted by Crippen LogP contribution is -2.38. The van der Waals surface area contributed by atoms with Crippen LogP contribution in [-0.4, -0.2) is 38.4 Å². The number of carbonyl (C=O) groups is 1. The van der Waals surface area contributed by atoms with Crippen molar-refractivity contribution < 1.29 is 14.6 Å². The Morgan fingerprint density at radius 1 is 1.45 bits per heavy atom. The fraction of sp³-hybridized carbons (Fsp3) is 0.385. The number of aliphatic carboxylic acids is 1. The SMILES string of the molecule is COc1cccc(Cc2nnnn2C(C)(C)C(=O)O)c1. The molecule has 0 unspecified atom stereocenters. The van der Waals surface area contributed by atoms with Gasteiger partial charge in [0.2, 0.25) is 0 Å². The van der Waals surface area contributed by atoms with E-state index in [-0.39, 0.29) is 0 Å². The minimum Gasteiger partial charge on any atom is -0.497 e. The Bertz CT molecular complexity index is 622. The van der Waals surface area contributed by atoms with Crippen molar-refractivity contribution >= 4 is 5.97 Å². The molecule has 1 N–H and O–H groups in total. The third-order valence-electron chi connectivity index (χ3n) is 3.08. The van der Waals surface area contributed by atoms with Gasteiger partial charge >= 0.3 is 5.97 Å². The molecule has 0 bridgehead atoms. The minimum absolute atomic E-state index is 0.431. The maximum absolute atomic E-state index is 11.3. The number of carboxylic acid groups (broad SMARTS) is 1. The average Bonchev–Trinajstić information content (AvgIpc) is 2.87. The highest BCUT2D eigenvalue weighted by atomic mass is 16.5. The topological polar surface area (TPSA) is 90.1 Å². The van der Waals surface area contributed by atoms with E-state index in [9.17, 15) is 9.90 Å². The van der Waals surface area contributed by atoms with Crippen LogP contribution >= 0.6 is 0 Å². The van der Waals surface area contributed by atoms with Gasteiger partial charge in [-0.05, 0) is 42.0 Å². The van der Waals surface area contributed by atoms with Crippen LogP contribution in [0.25, 0.3) is 0 Å². The Kier molecular flexibility index (Phi) is 3.69. The predicted molar refractivity (Wildman–Crippen MR) is 70.6 cm³/mol. The number of hydrogen-bond acceptors (Lipinski definition) is 5. The predicted octanol–water partition coefficient (Wildman–Crippen LogP) is 1.09. The quantitative estimate of drug-likeness (QED) is 0.879. The van der Waals surface area contributed by atoms with Crippen molar-refractivity contribution in [2.45, 2.75) is 25.8 Å². The van der Waals surface area contributed by atoms with E-state index in [2.05, 4.69) is 15.5 Å². The molecule has 7 nitrogen and oxygen atoms in total. The van der Waals surface area contributed by atoms with Gasteiger partial charge in [-0.25, -0.2) is 9.48 Å². The summed E-state index contributed by atoms with van der Waals surface area (Å²) in [6.45, 7) is 3.11. The average molecular weight is 276 g/mol. The van der Waals surface area contributed by atoms with Crippen LogP contribution in [0.1, 0.15) is 25.2 Å². The Balaban J connectivity index is 2.31. The van der Waals surface area contributed by atoms with Gasteiger partial charge in [-0.1, -0.05) is 12.1 Å². The molecule has 0 saturated heterocycles. The fourth-order valence-corrected chi connectivity index (χ4v) is 1.81. The van der Waals surface area contributed by atoms with Crippen molar-refractivity contribution in [3.8, 4) is 5.75 Å². The van der Waals surface area contributed by atoms with Gasteiger partial charge in [-0.2, -0.15) is 0 Å². The number of carboxylic acids is 1. The first-order valence-electron chi connectivity index (χ1n) is 6.09. The van der Waals surface area contributed by atoms with Crippen molar-refractivity contribution in [3.63, 3.8) is 0 Å². The summed E-state index contributed by atoms with van der Waals surface area (Å²) in [5.74, 6) is 0.237. The third kappa shape index (κ3) is 2.61. The zero-order valence-corrected chi connectivity index (χ0v) is 11.6. The molecule has 7 heteroatoms. The Hall–Kier alpha value is -2.44. The van der Waals surface area contributed by atoms with Gasteiger partial charge in [0.05, 0.1) is 7.11 Å². The van der Waals surface area contributed by atoms with E-state index in [1.807, 2.05) is 24.3 Å². The van der Waals surface area contributed by atoms with E-state index in [1.54, 1.807) is 21.0 Å². The summed E-state index contributed by atoms with van der Waals surface area (Å²) in [5, 5.41) is 20.5. The van der Waals surface area contributed by atoms with Crippen LogP contribution < -0.4 is 4.74 Å². The molecular formula is C13H16N4O3. The molecule has 0 aliphatic heterocycles. The van der Waals surface area contributed by atoms with Crippen molar-refractivity contribution in [2.24, 2.45) is 0 Å². The van der Waals surface area contributed by atoms with E-state index in [1.165, 1.54) is 4.68 Å². The van der Waals surface area contributed by atoms with Gasteiger partial charge in [0.25, 0.3) is 0 Å². The number of tetrazole rings is 1. The molecule has 0 saturated carbocycles. The highest BCUT2D eigenvalue weighted by Crippen LogP contribution is 2.19.